The van der Waals surface area contributed by atoms with Gasteiger partial charge in [0.25, 0.3) is 5.91 Å². The molecule has 0 N–H and O–H groups in total. The Balaban J connectivity index is 1.26. The number of rotatable bonds is 9. The van der Waals surface area contributed by atoms with E-state index in [1.807, 2.05) is 41.3 Å². The van der Waals surface area contributed by atoms with E-state index in [0.717, 1.165) is 25.2 Å². The minimum atomic E-state index is -0.603. The van der Waals surface area contributed by atoms with Crippen LogP contribution in [0.3, 0.4) is 0 Å². The van der Waals surface area contributed by atoms with Crippen molar-refractivity contribution in [1.82, 2.24) is 14.7 Å². The molecular weight excluding hydrogens is 557 g/mol. The summed E-state index contributed by atoms with van der Waals surface area (Å²) in [7, 11) is 0. The zero-order chi connectivity index (χ0) is 31.1. The fourth-order valence-corrected chi connectivity index (χ4v) is 5.89. The summed E-state index contributed by atoms with van der Waals surface area (Å²) < 4.78 is 19.4. The Kier molecular flexibility index (Phi) is 10.0. The van der Waals surface area contributed by atoms with Gasteiger partial charge in [0.05, 0.1) is 18.7 Å². The number of benzene rings is 3. The van der Waals surface area contributed by atoms with E-state index < -0.39 is 17.7 Å². The largest absolute Gasteiger partial charge is 0.463 e. The maximum absolute atomic E-state index is 14.1. The molecule has 0 spiro atoms. The highest BCUT2D eigenvalue weighted by atomic mass is 19.1. The average Bonchev–Trinajstić information content (AvgIpc) is 3.03. The summed E-state index contributed by atoms with van der Waals surface area (Å²) in [4.78, 5) is 45.7. The van der Waals surface area contributed by atoms with Crippen LogP contribution in [0.15, 0.2) is 96.2 Å². The van der Waals surface area contributed by atoms with Gasteiger partial charge in [0, 0.05) is 56.3 Å². The summed E-state index contributed by atoms with van der Waals surface area (Å²) in [6.07, 6.45) is 4.28. The summed E-state index contributed by atoms with van der Waals surface area (Å²) in [5, 5.41) is 0. The standard InChI is InChI=1S/C36H38FN3O4/c1-3-44-36(43)34-26(2)40(33(41)24-32(34)29-14-8-16-31(37)23-29)25-28-12-7-15-30(22-28)35(42)39-20-18-38(19-21-39)17-9-13-27-10-5-4-6-11-27/h4-16,22-23,32H,3,17-21,24-25H2,1-2H3. The summed E-state index contributed by atoms with van der Waals surface area (Å²) in [5.74, 6) is -1.77. The van der Waals surface area contributed by atoms with Crippen LogP contribution in [-0.4, -0.2) is 71.8 Å². The van der Waals surface area contributed by atoms with E-state index in [1.165, 1.54) is 17.7 Å². The Morgan fingerprint density at radius 3 is 2.43 bits per heavy atom. The van der Waals surface area contributed by atoms with Gasteiger partial charge in [-0.05, 0) is 54.8 Å². The number of nitrogens with zero attached hydrogens (tertiary/aromatic N) is 3. The number of esters is 1. The van der Waals surface area contributed by atoms with Crippen molar-refractivity contribution >= 4 is 23.9 Å². The number of amides is 2. The smallest absolute Gasteiger partial charge is 0.336 e. The molecule has 1 saturated heterocycles. The third-order valence-electron chi connectivity index (χ3n) is 8.22. The summed E-state index contributed by atoms with van der Waals surface area (Å²) in [5.41, 5.74) is 3.89. The first-order valence-corrected chi connectivity index (χ1v) is 15.1. The molecular formula is C36H38FN3O4. The van der Waals surface area contributed by atoms with Crippen molar-refractivity contribution in [3.05, 3.63) is 124 Å². The van der Waals surface area contributed by atoms with Crippen LogP contribution in [0.5, 0.6) is 0 Å². The Hall–Kier alpha value is -4.56. The van der Waals surface area contributed by atoms with Gasteiger partial charge in [-0.15, -0.1) is 0 Å². The zero-order valence-corrected chi connectivity index (χ0v) is 25.2. The molecule has 1 unspecified atom stereocenters. The van der Waals surface area contributed by atoms with E-state index >= 15 is 0 Å². The first kappa shape index (κ1) is 30.9. The maximum Gasteiger partial charge on any atom is 0.336 e. The minimum Gasteiger partial charge on any atom is -0.463 e. The third-order valence-corrected chi connectivity index (χ3v) is 8.22. The Labute approximate surface area is 258 Å². The van der Waals surface area contributed by atoms with Gasteiger partial charge >= 0.3 is 5.97 Å². The highest BCUT2D eigenvalue weighted by Crippen LogP contribution is 2.38. The Morgan fingerprint density at radius 2 is 1.70 bits per heavy atom. The number of halogens is 1. The first-order chi connectivity index (χ1) is 21.3. The van der Waals surface area contributed by atoms with E-state index in [2.05, 4.69) is 29.2 Å². The lowest BCUT2D eigenvalue weighted by atomic mass is 9.83. The highest BCUT2D eigenvalue weighted by Gasteiger charge is 2.37. The number of carbonyl (C=O) groups is 3. The average molecular weight is 596 g/mol. The number of hydrogen-bond donors (Lipinski definition) is 0. The molecule has 0 aromatic heterocycles. The minimum absolute atomic E-state index is 0.0123. The van der Waals surface area contributed by atoms with Crippen LogP contribution in [0.4, 0.5) is 4.39 Å². The summed E-state index contributed by atoms with van der Waals surface area (Å²) in [6, 6.07) is 23.5. The second kappa shape index (κ2) is 14.3. The molecule has 2 aliphatic rings. The normalized spacial score (nSPS) is 17.8. The van der Waals surface area contributed by atoms with Crippen LogP contribution < -0.4 is 0 Å². The van der Waals surface area contributed by atoms with Crippen LogP contribution in [0, 0.1) is 5.82 Å². The molecule has 1 atom stereocenters. The van der Waals surface area contributed by atoms with Gasteiger partial charge in [-0.2, -0.15) is 0 Å². The molecule has 3 aromatic rings. The second-order valence-electron chi connectivity index (χ2n) is 11.1. The van der Waals surface area contributed by atoms with Crippen LogP contribution in [0.2, 0.25) is 0 Å². The van der Waals surface area contributed by atoms with Gasteiger partial charge in [0.15, 0.2) is 0 Å². The van der Waals surface area contributed by atoms with E-state index in [-0.39, 0.29) is 31.4 Å². The van der Waals surface area contributed by atoms with Gasteiger partial charge in [-0.3, -0.25) is 14.5 Å². The first-order valence-electron chi connectivity index (χ1n) is 15.1. The fourth-order valence-electron chi connectivity index (χ4n) is 5.89. The number of piperazine rings is 1. The van der Waals surface area contributed by atoms with Crippen LogP contribution >= 0.6 is 0 Å². The van der Waals surface area contributed by atoms with Crippen molar-refractivity contribution in [3.63, 3.8) is 0 Å². The molecule has 8 heteroatoms. The fraction of sp³-hybridized carbons (Fsp3) is 0.306. The molecule has 0 saturated carbocycles. The van der Waals surface area contributed by atoms with E-state index in [0.29, 0.717) is 35.5 Å². The highest BCUT2D eigenvalue weighted by molar-refractivity contribution is 5.96. The maximum atomic E-state index is 14.1. The molecule has 2 aliphatic heterocycles. The molecule has 0 aliphatic carbocycles. The number of allylic oxidation sites excluding steroid dienone is 1. The van der Waals surface area contributed by atoms with Gasteiger partial charge < -0.3 is 14.5 Å². The van der Waals surface area contributed by atoms with Crippen molar-refractivity contribution in [2.24, 2.45) is 0 Å². The summed E-state index contributed by atoms with van der Waals surface area (Å²) >= 11 is 0. The molecule has 2 amide bonds. The van der Waals surface area contributed by atoms with Crippen molar-refractivity contribution in [3.8, 4) is 0 Å². The molecule has 1 fully saturated rings. The van der Waals surface area contributed by atoms with E-state index in [4.69, 9.17) is 4.74 Å². The molecule has 0 bridgehead atoms. The van der Waals surface area contributed by atoms with Crippen molar-refractivity contribution in [2.45, 2.75) is 32.7 Å². The molecule has 7 nitrogen and oxygen atoms in total. The number of carbonyl (C=O) groups excluding carboxylic acids is 3. The lowest BCUT2D eigenvalue weighted by molar-refractivity contribution is -0.140. The Bertz CT molecular complexity index is 1560. The summed E-state index contributed by atoms with van der Waals surface area (Å²) in [6.45, 7) is 7.52. The van der Waals surface area contributed by atoms with Gasteiger partial charge in [-0.1, -0.05) is 66.7 Å². The molecule has 2 heterocycles. The van der Waals surface area contributed by atoms with E-state index in [1.54, 1.807) is 36.9 Å². The van der Waals surface area contributed by atoms with Crippen molar-refractivity contribution < 1.29 is 23.5 Å². The van der Waals surface area contributed by atoms with Gasteiger partial charge in [-0.25, -0.2) is 9.18 Å². The molecule has 228 valence electrons. The van der Waals surface area contributed by atoms with Crippen molar-refractivity contribution in [1.29, 1.82) is 0 Å². The van der Waals surface area contributed by atoms with Crippen LogP contribution in [-0.2, 0) is 20.9 Å². The predicted octanol–water partition coefficient (Wildman–Crippen LogP) is 5.65. The lowest BCUT2D eigenvalue weighted by Crippen LogP contribution is -2.48. The Morgan fingerprint density at radius 1 is 0.955 bits per heavy atom. The zero-order valence-electron chi connectivity index (χ0n) is 25.2. The van der Waals surface area contributed by atoms with Gasteiger partial charge in [0.1, 0.15) is 5.82 Å². The number of hydrogen-bond acceptors (Lipinski definition) is 5. The van der Waals surface area contributed by atoms with E-state index in [9.17, 15) is 18.8 Å². The topological polar surface area (TPSA) is 70.2 Å². The molecule has 44 heavy (non-hydrogen) atoms. The lowest BCUT2D eigenvalue weighted by Gasteiger charge is -2.35. The molecule has 5 rings (SSSR count). The number of ether oxygens (including phenoxy) is 1. The quantitative estimate of drug-likeness (QED) is 0.299. The van der Waals surface area contributed by atoms with Gasteiger partial charge in [0.2, 0.25) is 5.91 Å². The third kappa shape index (κ3) is 7.32. The van der Waals surface area contributed by atoms with Crippen LogP contribution in [0.1, 0.15) is 53.2 Å². The predicted molar refractivity (Wildman–Crippen MR) is 168 cm³/mol. The van der Waals surface area contributed by atoms with Crippen molar-refractivity contribution in [2.75, 3.05) is 39.3 Å². The second-order valence-corrected chi connectivity index (χ2v) is 11.1. The molecule has 0 radical (unpaired) electrons. The SMILES string of the molecule is CCOC(=O)C1=C(C)N(Cc2cccc(C(=O)N3CCN(CC=Cc4ccccc4)CC3)c2)C(=O)CC1c1cccc(F)c1. The monoisotopic (exact) mass is 595 g/mol. The molecule has 3 aromatic carbocycles. The van der Waals surface area contributed by atoms with Crippen LogP contribution in [0.25, 0.3) is 6.08 Å².